The molecule has 1 fully saturated rings. The molecule has 8 aromatic rings. The van der Waals surface area contributed by atoms with E-state index < -0.39 is 177 Å². The van der Waals surface area contributed by atoms with Gasteiger partial charge in [-0.2, -0.15) is 79.0 Å². The Morgan fingerprint density at radius 1 is 0.336 bits per heavy atom. The van der Waals surface area contributed by atoms with Crippen LogP contribution in [0.4, 0.5) is 79.0 Å². The molecule has 4 aliphatic rings. The van der Waals surface area contributed by atoms with Gasteiger partial charge in [-0.25, -0.2) is 14.4 Å². The van der Waals surface area contributed by atoms with Crippen molar-refractivity contribution in [2.75, 3.05) is 0 Å². The lowest BCUT2D eigenvalue weighted by Gasteiger charge is -2.34. The molecular formula is C89H75F18N3O9. The smallest absolute Gasteiger partial charge is 0.318 e. The zero-order chi connectivity index (χ0) is 86.3. The number of rotatable bonds is 27. The maximum Gasteiger partial charge on any atom is 0.389 e. The summed E-state index contributed by atoms with van der Waals surface area (Å²) >= 11 is 0. The quantitative estimate of drug-likeness (QED) is 0.0160. The first-order chi connectivity index (χ1) is 55.7. The van der Waals surface area contributed by atoms with Crippen LogP contribution < -0.4 is 0 Å². The van der Waals surface area contributed by atoms with Crippen LogP contribution in [0.5, 0.6) is 0 Å². The van der Waals surface area contributed by atoms with E-state index in [-0.39, 0.29) is 135 Å². The maximum atomic E-state index is 15.2. The van der Waals surface area contributed by atoms with Crippen molar-refractivity contribution in [3.8, 4) is 55.6 Å². The Morgan fingerprint density at radius 3 is 1.05 bits per heavy atom. The zero-order valence-corrected chi connectivity index (χ0v) is 64.1. The molecule has 0 saturated heterocycles. The minimum atomic E-state index is -5.00. The van der Waals surface area contributed by atoms with Gasteiger partial charge in [0.1, 0.15) is 5.71 Å². The number of hydrogen-bond donors (Lipinski definition) is 0. The van der Waals surface area contributed by atoms with Crippen molar-refractivity contribution in [1.29, 1.82) is 0 Å². The van der Waals surface area contributed by atoms with Crippen LogP contribution in [-0.4, -0.2) is 89.5 Å². The fourth-order valence-electron chi connectivity index (χ4n) is 17.3. The predicted octanol–water partition coefficient (Wildman–Crippen LogP) is 24.6. The molecule has 0 amide bonds. The molecule has 30 heteroatoms. The van der Waals surface area contributed by atoms with Gasteiger partial charge >= 0.3 is 55.0 Å². The number of benzene rings is 8. The van der Waals surface area contributed by atoms with E-state index in [1.807, 2.05) is 0 Å². The average Bonchev–Trinajstić information content (AvgIpc) is 1.57. The summed E-state index contributed by atoms with van der Waals surface area (Å²) in [5.41, 5.74) is -6.19. The van der Waals surface area contributed by atoms with Crippen LogP contribution >= 0.6 is 0 Å². The zero-order valence-electron chi connectivity index (χ0n) is 64.1. The molecule has 12 rings (SSSR count). The highest BCUT2D eigenvalue weighted by molar-refractivity contribution is 6.52. The molecule has 0 aliphatic heterocycles. The summed E-state index contributed by atoms with van der Waals surface area (Å²) in [5.74, 6) is -5.84. The lowest BCUT2D eigenvalue weighted by atomic mass is 9.70. The number of carbonyl (C=O) groups excluding carboxylic acids is 6. The fraction of sp³-hybridized carbons (Fsp3) is 0.360. The van der Waals surface area contributed by atoms with E-state index in [1.165, 1.54) is 153 Å². The maximum absolute atomic E-state index is 15.2. The molecule has 8 aromatic carbocycles. The Labute approximate surface area is 670 Å². The minimum Gasteiger partial charge on any atom is -0.318 e. The van der Waals surface area contributed by atoms with Crippen LogP contribution in [0.25, 0.3) is 55.6 Å². The number of halogens is 18. The number of oxime groups is 3. The van der Waals surface area contributed by atoms with Crippen molar-refractivity contribution in [3.05, 3.63) is 224 Å². The lowest BCUT2D eigenvalue weighted by molar-refractivity contribution is -0.145. The van der Waals surface area contributed by atoms with Gasteiger partial charge in [0.05, 0.1) is 0 Å². The first kappa shape index (κ1) is 87.2. The summed E-state index contributed by atoms with van der Waals surface area (Å²) < 4.78 is 261. The summed E-state index contributed by atoms with van der Waals surface area (Å²) in [6, 6.07) is 35.8. The third kappa shape index (κ3) is 19.6. The Bertz CT molecular complexity index is 5340. The highest BCUT2D eigenvalue weighted by atomic mass is 19.4. The van der Waals surface area contributed by atoms with Gasteiger partial charge in [0.2, 0.25) is 17.3 Å². The molecule has 0 N–H and O–H groups in total. The summed E-state index contributed by atoms with van der Waals surface area (Å²) in [6.07, 6.45) is -40.3. The molecule has 0 atom stereocenters. The van der Waals surface area contributed by atoms with Gasteiger partial charge in [-0.15, -0.1) is 0 Å². The normalized spacial score (nSPS) is 15.8. The third-order valence-electron chi connectivity index (χ3n) is 22.8. The molecule has 0 heterocycles. The second kappa shape index (κ2) is 33.6. The van der Waals surface area contributed by atoms with E-state index in [0.29, 0.717) is 5.56 Å². The molecule has 0 bridgehead atoms. The molecule has 0 spiro atoms. The Morgan fingerprint density at radius 2 is 0.647 bits per heavy atom. The third-order valence-corrected chi connectivity index (χ3v) is 22.8. The lowest BCUT2D eigenvalue weighted by Crippen LogP contribution is -2.30. The standard InChI is InChI=1S/C89H75F18N3O9/c1-49-42-56(18-24-62(49)77(110-119-52(4)113)80(116)61-23-28-64-63-12-8-9-13-69(63)81(72(64)48-61,30-36-84(90,91)92)31-37-85(93,94)95)58-20-26-66-68-29-22-60(47-74(68)83(71(66)45-58,34-40-88(102,103)104)35-41-89(105,106)107)79(115)76(109-118-51(3)112)55-16-14-54(15-17-55)57-19-25-65-67-27-21-59(78(114)75(108-117-50(2)111)43-53-10-6-5-7-11-53)46-73(67)82(70(65)44-57,32-38-86(96,97)98)33-39-87(99,100)101/h8-9,12-29,42,44-48,53H,5-7,10-11,30-41,43H2,1-4H3/b108-75+,109-76+,110-77+. The minimum absolute atomic E-state index is 0.00862. The fourth-order valence-corrected chi connectivity index (χ4v) is 17.3. The molecule has 626 valence electrons. The Balaban J connectivity index is 0.891. The summed E-state index contributed by atoms with van der Waals surface area (Å²) in [5, 5.41) is 11.6. The summed E-state index contributed by atoms with van der Waals surface area (Å²) in [6.45, 7) is 4.40. The molecule has 0 radical (unpaired) electrons. The van der Waals surface area contributed by atoms with Crippen molar-refractivity contribution in [1.82, 2.24) is 0 Å². The highest BCUT2D eigenvalue weighted by Crippen LogP contribution is 2.60. The average molecular weight is 1670 g/mol. The predicted molar refractivity (Wildman–Crippen MR) is 405 cm³/mol. The molecule has 0 unspecified atom stereocenters. The number of nitrogens with zero attached hydrogens (tertiary/aromatic N) is 3. The van der Waals surface area contributed by atoms with Gasteiger partial charge in [0, 0.05) is 103 Å². The van der Waals surface area contributed by atoms with Gasteiger partial charge in [-0.05, 0) is 183 Å². The number of alkyl halides is 18. The van der Waals surface area contributed by atoms with Gasteiger partial charge in [-0.3, -0.25) is 14.4 Å². The Hall–Kier alpha value is -11.1. The Kier molecular flexibility index (Phi) is 24.6. The van der Waals surface area contributed by atoms with Gasteiger partial charge in [0.15, 0.2) is 11.4 Å². The van der Waals surface area contributed by atoms with Crippen molar-refractivity contribution in [3.63, 3.8) is 0 Å². The van der Waals surface area contributed by atoms with E-state index >= 15 is 4.79 Å². The first-order valence-corrected chi connectivity index (χ1v) is 38.1. The molecule has 4 aliphatic carbocycles. The largest absolute Gasteiger partial charge is 0.389 e. The first-order valence-electron chi connectivity index (χ1n) is 38.1. The van der Waals surface area contributed by atoms with Crippen molar-refractivity contribution >= 4 is 52.4 Å². The number of aryl methyl sites for hydroxylation is 1. The van der Waals surface area contributed by atoms with Crippen LogP contribution in [0.1, 0.15) is 217 Å². The second-order valence-corrected chi connectivity index (χ2v) is 30.8. The molecule has 12 nitrogen and oxygen atoms in total. The summed E-state index contributed by atoms with van der Waals surface area (Å²) in [4.78, 5) is 96.3. The number of ketones is 3. The van der Waals surface area contributed by atoms with Crippen molar-refractivity contribution < 1.29 is 122 Å². The number of hydrogen-bond acceptors (Lipinski definition) is 12. The van der Waals surface area contributed by atoms with E-state index in [9.17, 15) is 103 Å². The van der Waals surface area contributed by atoms with Crippen LogP contribution in [0.2, 0.25) is 0 Å². The molecule has 1 saturated carbocycles. The molecular weight excluding hydrogens is 1600 g/mol. The van der Waals surface area contributed by atoms with Gasteiger partial charge in [0.25, 0.3) is 0 Å². The van der Waals surface area contributed by atoms with E-state index in [1.54, 1.807) is 6.07 Å². The van der Waals surface area contributed by atoms with Crippen LogP contribution in [0.3, 0.4) is 0 Å². The number of Topliss-reactive ketones (excluding diaryl/α,β-unsaturated/α-hetero) is 3. The number of carbonyl (C=O) groups is 6. The highest BCUT2D eigenvalue weighted by Gasteiger charge is 2.52. The number of fused-ring (bicyclic) bond motifs is 9. The molecule has 119 heavy (non-hydrogen) atoms. The van der Waals surface area contributed by atoms with Gasteiger partial charge in [-0.1, -0.05) is 175 Å². The topological polar surface area (TPSA) is 167 Å². The van der Waals surface area contributed by atoms with Crippen LogP contribution in [-0.2, 0) is 45.1 Å². The molecule has 0 aromatic heterocycles. The van der Waals surface area contributed by atoms with Crippen LogP contribution in [0.15, 0.2) is 173 Å². The van der Waals surface area contributed by atoms with E-state index in [4.69, 9.17) is 14.5 Å². The van der Waals surface area contributed by atoms with E-state index in [0.717, 1.165) is 58.9 Å². The SMILES string of the molecule is CC(=O)O/N=C(\CC1CCCCC1)C(=O)c1ccc2c(c1)C(CCC(F)(F)F)(CCC(F)(F)F)c1cc(-c3ccc(/C(=N\OC(C)=O)C(=O)c4ccc5c(c4)C(CCC(F)(F)F)(CCC(F)(F)F)c4cc(-c6ccc(/C(=N\OC(C)=O)C(=O)c7ccc8c(c7)C(CCC(F)(F)F)(CCC(F)(F)F)c7ccccc7-8)c(C)c6)ccc4-5)cc3)ccc1-2. The van der Waals surface area contributed by atoms with Crippen molar-refractivity contribution in [2.24, 2.45) is 21.4 Å². The summed E-state index contributed by atoms with van der Waals surface area (Å²) in [7, 11) is 0. The van der Waals surface area contributed by atoms with Gasteiger partial charge < -0.3 is 14.5 Å². The van der Waals surface area contributed by atoms with E-state index in [2.05, 4.69) is 15.5 Å². The van der Waals surface area contributed by atoms with Crippen molar-refractivity contribution in [2.45, 2.75) is 197 Å². The second-order valence-electron chi connectivity index (χ2n) is 30.8. The monoisotopic (exact) mass is 1670 g/mol. The van der Waals surface area contributed by atoms with Crippen LogP contribution in [0, 0.1) is 12.8 Å².